The fourth-order valence-electron chi connectivity index (χ4n) is 1.87. The van der Waals surface area contributed by atoms with E-state index in [1.807, 2.05) is 6.92 Å². The van der Waals surface area contributed by atoms with E-state index >= 15 is 0 Å². The summed E-state index contributed by atoms with van der Waals surface area (Å²) < 4.78 is 19.1. The summed E-state index contributed by atoms with van der Waals surface area (Å²) in [7, 11) is 0. The maximum absolute atomic E-state index is 14.0. The van der Waals surface area contributed by atoms with Gasteiger partial charge in [0.25, 0.3) is 0 Å². The number of halogens is 2. The second kappa shape index (κ2) is 9.89. The summed E-state index contributed by atoms with van der Waals surface area (Å²) in [5.74, 6) is -1.50. The molecule has 0 aliphatic rings. The Kier molecular flexibility index (Phi) is 8.56. The molecule has 0 bridgehead atoms. The molecule has 0 radical (unpaired) electrons. The van der Waals surface area contributed by atoms with Crippen molar-refractivity contribution in [2.24, 2.45) is 5.92 Å². The van der Waals surface area contributed by atoms with E-state index in [0.717, 1.165) is 12.5 Å². The molecule has 1 aromatic carbocycles. The largest absolute Gasteiger partial charge is 0.465 e. The Labute approximate surface area is 151 Å². The number of esters is 1. The molecule has 0 aromatic heterocycles. The SMILES string of the molecule is CCCC(Sc1cc(NC(=O)C(C)C)c(F)cc1Cl)C(=O)OCC. The van der Waals surface area contributed by atoms with Gasteiger partial charge >= 0.3 is 5.97 Å². The van der Waals surface area contributed by atoms with Crippen molar-refractivity contribution in [3.63, 3.8) is 0 Å². The average Bonchev–Trinajstić information content (AvgIpc) is 2.51. The van der Waals surface area contributed by atoms with Crippen LogP contribution in [0.4, 0.5) is 10.1 Å². The minimum atomic E-state index is -0.610. The number of benzene rings is 1. The Balaban J connectivity index is 3.04. The highest BCUT2D eigenvalue weighted by atomic mass is 35.5. The second-order valence-electron chi connectivity index (χ2n) is 5.55. The summed E-state index contributed by atoms with van der Waals surface area (Å²) >= 11 is 7.32. The Morgan fingerprint density at radius 1 is 1.33 bits per heavy atom. The molecule has 0 aliphatic heterocycles. The van der Waals surface area contributed by atoms with Crippen LogP contribution in [0.1, 0.15) is 40.5 Å². The van der Waals surface area contributed by atoms with Crippen molar-refractivity contribution < 1.29 is 18.7 Å². The van der Waals surface area contributed by atoms with Crippen LogP contribution in [-0.2, 0) is 14.3 Å². The Hall–Kier alpha value is -1.27. The van der Waals surface area contributed by atoms with Gasteiger partial charge in [0.05, 0.1) is 17.3 Å². The van der Waals surface area contributed by atoms with Crippen LogP contribution >= 0.6 is 23.4 Å². The first-order valence-corrected chi connectivity index (χ1v) is 9.19. The van der Waals surface area contributed by atoms with Crippen molar-refractivity contribution in [1.29, 1.82) is 0 Å². The monoisotopic (exact) mass is 375 g/mol. The molecule has 0 aliphatic carbocycles. The van der Waals surface area contributed by atoms with Gasteiger partial charge in [-0.05, 0) is 25.5 Å². The van der Waals surface area contributed by atoms with E-state index in [2.05, 4.69) is 5.32 Å². The highest BCUT2D eigenvalue weighted by Crippen LogP contribution is 2.36. The lowest BCUT2D eigenvalue weighted by atomic mass is 10.2. The van der Waals surface area contributed by atoms with Gasteiger partial charge in [-0.1, -0.05) is 38.8 Å². The molecule has 1 aromatic rings. The van der Waals surface area contributed by atoms with Crippen LogP contribution < -0.4 is 5.32 Å². The van der Waals surface area contributed by atoms with Crippen LogP contribution in [0.3, 0.4) is 0 Å². The van der Waals surface area contributed by atoms with E-state index in [0.29, 0.717) is 17.9 Å². The van der Waals surface area contributed by atoms with Gasteiger partial charge in [-0.15, -0.1) is 11.8 Å². The maximum Gasteiger partial charge on any atom is 0.319 e. The number of ether oxygens (including phenoxy) is 1. The van der Waals surface area contributed by atoms with Gasteiger partial charge in [0.15, 0.2) is 0 Å². The van der Waals surface area contributed by atoms with E-state index in [-0.39, 0.29) is 28.5 Å². The lowest BCUT2D eigenvalue weighted by molar-refractivity contribution is -0.142. The minimum Gasteiger partial charge on any atom is -0.465 e. The summed E-state index contributed by atoms with van der Waals surface area (Å²) in [5.41, 5.74) is 0.0553. The number of hydrogen-bond donors (Lipinski definition) is 1. The smallest absolute Gasteiger partial charge is 0.319 e. The molecule has 4 nitrogen and oxygen atoms in total. The second-order valence-corrected chi connectivity index (χ2v) is 7.21. The Morgan fingerprint density at radius 3 is 2.54 bits per heavy atom. The number of hydrogen-bond acceptors (Lipinski definition) is 4. The van der Waals surface area contributed by atoms with Crippen LogP contribution in [-0.4, -0.2) is 23.7 Å². The van der Waals surface area contributed by atoms with Gasteiger partial charge < -0.3 is 10.1 Å². The normalized spacial score (nSPS) is 12.1. The molecule has 0 fully saturated rings. The van der Waals surface area contributed by atoms with E-state index < -0.39 is 11.1 Å². The average molecular weight is 376 g/mol. The van der Waals surface area contributed by atoms with E-state index in [1.165, 1.54) is 17.8 Å². The molecular weight excluding hydrogens is 353 g/mol. The Bertz CT molecular complexity index is 595. The zero-order valence-electron chi connectivity index (χ0n) is 14.3. The fraction of sp³-hybridized carbons (Fsp3) is 0.529. The highest BCUT2D eigenvalue weighted by molar-refractivity contribution is 8.00. The van der Waals surface area contributed by atoms with Crippen molar-refractivity contribution in [2.45, 2.75) is 50.7 Å². The summed E-state index contributed by atoms with van der Waals surface area (Å²) in [6.07, 6.45) is 1.41. The van der Waals surface area contributed by atoms with Crippen molar-refractivity contribution in [3.8, 4) is 0 Å². The van der Waals surface area contributed by atoms with Gasteiger partial charge in [0.2, 0.25) is 5.91 Å². The quantitative estimate of drug-likeness (QED) is 0.518. The van der Waals surface area contributed by atoms with Crippen LogP contribution in [0.15, 0.2) is 17.0 Å². The zero-order valence-corrected chi connectivity index (χ0v) is 15.9. The molecule has 0 saturated heterocycles. The van der Waals surface area contributed by atoms with E-state index in [4.69, 9.17) is 16.3 Å². The van der Waals surface area contributed by atoms with Gasteiger partial charge in [-0.25, -0.2) is 4.39 Å². The summed E-state index contributed by atoms with van der Waals surface area (Å²) in [5, 5.41) is 2.31. The minimum absolute atomic E-state index is 0.0553. The summed E-state index contributed by atoms with van der Waals surface area (Å²) in [4.78, 5) is 24.4. The molecular formula is C17H23ClFNO3S. The molecule has 7 heteroatoms. The van der Waals surface area contributed by atoms with Crippen molar-refractivity contribution in [2.75, 3.05) is 11.9 Å². The topological polar surface area (TPSA) is 55.4 Å². The molecule has 0 saturated carbocycles. The number of carbonyl (C=O) groups excluding carboxylic acids is 2. The number of carbonyl (C=O) groups is 2. The highest BCUT2D eigenvalue weighted by Gasteiger charge is 2.23. The zero-order chi connectivity index (χ0) is 18.3. The van der Waals surface area contributed by atoms with Gasteiger partial charge in [-0.2, -0.15) is 0 Å². The molecule has 1 atom stereocenters. The first-order chi connectivity index (χ1) is 11.3. The molecule has 1 N–H and O–H groups in total. The molecule has 1 amide bonds. The Morgan fingerprint density at radius 2 is 2.00 bits per heavy atom. The predicted octanol–water partition coefficient (Wildman–Crippen LogP) is 4.90. The van der Waals surface area contributed by atoms with Gasteiger partial charge in [0.1, 0.15) is 11.1 Å². The van der Waals surface area contributed by atoms with Gasteiger partial charge in [-0.3, -0.25) is 9.59 Å². The molecule has 134 valence electrons. The summed E-state index contributed by atoms with van der Waals surface area (Å²) in [6.45, 7) is 7.45. The molecule has 0 heterocycles. The third-order valence-electron chi connectivity index (χ3n) is 3.17. The van der Waals surface area contributed by atoms with Crippen molar-refractivity contribution >= 4 is 40.9 Å². The first-order valence-electron chi connectivity index (χ1n) is 7.93. The lowest BCUT2D eigenvalue weighted by Crippen LogP contribution is -2.20. The molecule has 1 unspecified atom stereocenters. The fourth-order valence-corrected chi connectivity index (χ4v) is 3.33. The van der Waals surface area contributed by atoms with Gasteiger partial charge in [0, 0.05) is 10.8 Å². The molecule has 1 rings (SSSR count). The molecule has 24 heavy (non-hydrogen) atoms. The third kappa shape index (κ3) is 5.98. The van der Waals surface area contributed by atoms with Crippen molar-refractivity contribution in [1.82, 2.24) is 0 Å². The molecule has 0 spiro atoms. The predicted molar refractivity (Wildman–Crippen MR) is 96.1 cm³/mol. The first kappa shape index (κ1) is 20.8. The van der Waals surface area contributed by atoms with Crippen LogP contribution in [0.25, 0.3) is 0 Å². The standard InChI is InChI=1S/C17H23ClFNO3S/c1-5-7-14(17(22)23-6-2)24-15-9-13(12(19)8-11(15)18)20-16(21)10(3)4/h8-10,14H,5-7H2,1-4H3,(H,20,21). The number of nitrogens with one attached hydrogen (secondary N) is 1. The number of anilines is 1. The van der Waals surface area contributed by atoms with Crippen LogP contribution in [0.5, 0.6) is 0 Å². The van der Waals surface area contributed by atoms with Crippen LogP contribution in [0.2, 0.25) is 5.02 Å². The van der Waals surface area contributed by atoms with Crippen LogP contribution in [0, 0.1) is 11.7 Å². The maximum atomic E-state index is 14.0. The summed E-state index contributed by atoms with van der Waals surface area (Å²) in [6, 6.07) is 2.61. The lowest BCUT2D eigenvalue weighted by Gasteiger charge is -2.17. The number of rotatable bonds is 8. The van der Waals surface area contributed by atoms with E-state index in [9.17, 15) is 14.0 Å². The number of amides is 1. The number of thioether (sulfide) groups is 1. The third-order valence-corrected chi connectivity index (χ3v) is 4.90. The van der Waals surface area contributed by atoms with E-state index in [1.54, 1.807) is 20.8 Å². The van der Waals surface area contributed by atoms with Crippen molar-refractivity contribution in [3.05, 3.63) is 23.0 Å².